The van der Waals surface area contributed by atoms with E-state index in [9.17, 15) is 8.78 Å². The SMILES string of the molecule is CC(O)CCN(C)CC(F)F. The summed E-state index contributed by atoms with van der Waals surface area (Å²) in [4.78, 5) is 1.51. The first-order valence-corrected chi connectivity index (χ1v) is 3.67. The molecule has 1 unspecified atom stereocenters. The summed E-state index contributed by atoms with van der Waals surface area (Å²) in [6, 6.07) is 0. The number of hydrogen-bond acceptors (Lipinski definition) is 2. The van der Waals surface area contributed by atoms with Crippen LogP contribution in [0.3, 0.4) is 0 Å². The quantitative estimate of drug-likeness (QED) is 0.659. The first kappa shape index (κ1) is 10.8. The molecule has 0 bridgehead atoms. The van der Waals surface area contributed by atoms with Crippen LogP contribution in [0.15, 0.2) is 0 Å². The summed E-state index contributed by atoms with van der Waals surface area (Å²) in [5, 5.41) is 8.82. The summed E-state index contributed by atoms with van der Waals surface area (Å²) in [6.07, 6.45) is -2.15. The summed E-state index contributed by atoms with van der Waals surface area (Å²) in [6.45, 7) is 1.95. The highest BCUT2D eigenvalue weighted by Crippen LogP contribution is 1.98. The zero-order chi connectivity index (χ0) is 8.85. The highest BCUT2D eigenvalue weighted by atomic mass is 19.3. The molecule has 0 aromatic heterocycles. The van der Waals surface area contributed by atoms with Crippen LogP contribution < -0.4 is 0 Å². The number of rotatable bonds is 5. The molecular weight excluding hydrogens is 152 g/mol. The lowest BCUT2D eigenvalue weighted by Crippen LogP contribution is -2.27. The van der Waals surface area contributed by atoms with Crippen molar-refractivity contribution in [1.29, 1.82) is 0 Å². The lowest BCUT2D eigenvalue weighted by Gasteiger charge is -2.16. The predicted molar refractivity (Wildman–Crippen MR) is 39.8 cm³/mol. The van der Waals surface area contributed by atoms with E-state index in [1.807, 2.05) is 0 Å². The van der Waals surface area contributed by atoms with E-state index in [0.717, 1.165) is 0 Å². The van der Waals surface area contributed by atoms with Gasteiger partial charge in [-0.15, -0.1) is 0 Å². The normalized spacial score (nSPS) is 14.5. The lowest BCUT2D eigenvalue weighted by atomic mass is 10.3. The van der Waals surface area contributed by atoms with Gasteiger partial charge in [-0.3, -0.25) is 0 Å². The number of aliphatic hydroxyl groups excluding tert-OH is 1. The third-order valence-corrected chi connectivity index (χ3v) is 1.38. The molecule has 0 amide bonds. The fourth-order valence-corrected chi connectivity index (χ4v) is 0.734. The third kappa shape index (κ3) is 7.68. The van der Waals surface area contributed by atoms with Crippen molar-refractivity contribution in [2.45, 2.75) is 25.9 Å². The van der Waals surface area contributed by atoms with E-state index in [0.29, 0.717) is 13.0 Å². The van der Waals surface area contributed by atoms with Crippen molar-refractivity contribution in [2.24, 2.45) is 0 Å². The molecule has 4 heteroatoms. The molecular formula is C7H15F2NO. The van der Waals surface area contributed by atoms with Crippen molar-refractivity contribution in [1.82, 2.24) is 4.90 Å². The van der Waals surface area contributed by atoms with E-state index < -0.39 is 12.5 Å². The van der Waals surface area contributed by atoms with Gasteiger partial charge in [0.05, 0.1) is 12.6 Å². The van der Waals surface area contributed by atoms with Crippen LogP contribution in [0.1, 0.15) is 13.3 Å². The van der Waals surface area contributed by atoms with Crippen molar-refractivity contribution in [2.75, 3.05) is 20.1 Å². The second-order valence-corrected chi connectivity index (χ2v) is 2.79. The summed E-state index contributed by atoms with van der Waals surface area (Å²) in [5.41, 5.74) is 0. The van der Waals surface area contributed by atoms with E-state index >= 15 is 0 Å². The van der Waals surface area contributed by atoms with Crippen LogP contribution in [0.2, 0.25) is 0 Å². The minimum Gasteiger partial charge on any atom is -0.393 e. The number of aliphatic hydroxyl groups is 1. The smallest absolute Gasteiger partial charge is 0.251 e. The van der Waals surface area contributed by atoms with Crippen molar-refractivity contribution >= 4 is 0 Å². The number of nitrogens with zero attached hydrogens (tertiary/aromatic N) is 1. The second kappa shape index (κ2) is 5.43. The number of halogens is 2. The van der Waals surface area contributed by atoms with Gasteiger partial charge in [-0.2, -0.15) is 0 Å². The van der Waals surface area contributed by atoms with Gasteiger partial charge in [0.1, 0.15) is 0 Å². The van der Waals surface area contributed by atoms with Gasteiger partial charge in [0.15, 0.2) is 0 Å². The van der Waals surface area contributed by atoms with Crippen LogP contribution in [0.5, 0.6) is 0 Å². The second-order valence-electron chi connectivity index (χ2n) is 2.79. The van der Waals surface area contributed by atoms with Gasteiger partial charge < -0.3 is 10.0 Å². The van der Waals surface area contributed by atoms with Crippen LogP contribution in [0.4, 0.5) is 8.78 Å². The molecule has 0 aromatic rings. The Balaban J connectivity index is 3.29. The fourth-order valence-electron chi connectivity index (χ4n) is 0.734. The fraction of sp³-hybridized carbons (Fsp3) is 1.00. The first-order valence-electron chi connectivity index (χ1n) is 3.67. The standard InChI is InChI=1S/C7H15F2NO/c1-6(11)3-4-10(2)5-7(8)9/h6-7,11H,3-5H2,1-2H3. The molecule has 0 heterocycles. The van der Waals surface area contributed by atoms with E-state index in [-0.39, 0.29) is 6.54 Å². The monoisotopic (exact) mass is 167 g/mol. The largest absolute Gasteiger partial charge is 0.393 e. The van der Waals surface area contributed by atoms with Gasteiger partial charge in [-0.1, -0.05) is 0 Å². The Hall–Kier alpha value is -0.220. The average Bonchev–Trinajstić information content (AvgIpc) is 1.82. The minimum atomic E-state index is -2.28. The topological polar surface area (TPSA) is 23.5 Å². The summed E-state index contributed by atoms with van der Waals surface area (Å²) >= 11 is 0. The number of hydrogen-bond donors (Lipinski definition) is 1. The maximum Gasteiger partial charge on any atom is 0.251 e. The molecule has 1 atom stereocenters. The number of alkyl halides is 2. The molecule has 0 aliphatic heterocycles. The predicted octanol–water partition coefficient (Wildman–Crippen LogP) is 0.954. The molecule has 0 saturated heterocycles. The zero-order valence-electron chi connectivity index (χ0n) is 6.93. The molecule has 68 valence electrons. The first-order chi connectivity index (χ1) is 5.02. The van der Waals surface area contributed by atoms with Crippen LogP contribution >= 0.6 is 0 Å². The molecule has 1 N–H and O–H groups in total. The molecule has 0 radical (unpaired) electrons. The highest BCUT2D eigenvalue weighted by Gasteiger charge is 2.07. The Morgan fingerprint density at radius 1 is 1.45 bits per heavy atom. The molecule has 0 rings (SSSR count). The molecule has 0 aromatic carbocycles. The Morgan fingerprint density at radius 3 is 2.36 bits per heavy atom. The maximum atomic E-state index is 11.7. The van der Waals surface area contributed by atoms with E-state index in [1.54, 1.807) is 14.0 Å². The Morgan fingerprint density at radius 2 is 2.00 bits per heavy atom. The van der Waals surface area contributed by atoms with Crippen molar-refractivity contribution in [3.05, 3.63) is 0 Å². The van der Waals surface area contributed by atoms with Gasteiger partial charge >= 0.3 is 0 Å². The molecule has 0 aliphatic rings. The van der Waals surface area contributed by atoms with E-state index in [2.05, 4.69) is 0 Å². The van der Waals surface area contributed by atoms with Crippen molar-refractivity contribution < 1.29 is 13.9 Å². The van der Waals surface area contributed by atoms with Gasteiger partial charge in [-0.25, -0.2) is 8.78 Å². The zero-order valence-corrected chi connectivity index (χ0v) is 6.93. The summed E-state index contributed by atoms with van der Waals surface area (Å²) in [7, 11) is 1.62. The van der Waals surface area contributed by atoms with E-state index in [1.165, 1.54) is 4.90 Å². The van der Waals surface area contributed by atoms with Crippen molar-refractivity contribution in [3.63, 3.8) is 0 Å². The Bertz CT molecular complexity index is 98.4. The molecule has 0 spiro atoms. The highest BCUT2D eigenvalue weighted by molar-refractivity contribution is 4.55. The van der Waals surface area contributed by atoms with Gasteiger partial charge in [0, 0.05) is 6.54 Å². The third-order valence-electron chi connectivity index (χ3n) is 1.38. The van der Waals surface area contributed by atoms with Crippen molar-refractivity contribution in [3.8, 4) is 0 Å². The summed E-state index contributed by atoms with van der Waals surface area (Å²) < 4.78 is 23.4. The van der Waals surface area contributed by atoms with Crippen LogP contribution in [-0.2, 0) is 0 Å². The van der Waals surface area contributed by atoms with E-state index in [4.69, 9.17) is 5.11 Å². The molecule has 2 nitrogen and oxygen atoms in total. The maximum absolute atomic E-state index is 11.7. The molecule has 0 saturated carbocycles. The van der Waals surface area contributed by atoms with Gasteiger partial charge in [0.2, 0.25) is 0 Å². The Labute approximate surface area is 65.8 Å². The van der Waals surface area contributed by atoms with Gasteiger partial charge in [-0.05, 0) is 20.4 Å². The molecule has 11 heavy (non-hydrogen) atoms. The van der Waals surface area contributed by atoms with Crippen LogP contribution in [0.25, 0.3) is 0 Å². The van der Waals surface area contributed by atoms with Crippen LogP contribution in [0, 0.1) is 0 Å². The molecule has 0 fully saturated rings. The minimum absolute atomic E-state index is 0.216. The Kier molecular flexibility index (Phi) is 5.32. The average molecular weight is 167 g/mol. The molecule has 0 aliphatic carbocycles. The summed E-state index contributed by atoms with van der Waals surface area (Å²) in [5.74, 6) is 0. The lowest BCUT2D eigenvalue weighted by molar-refractivity contribution is 0.0901. The van der Waals surface area contributed by atoms with Crippen LogP contribution in [-0.4, -0.2) is 42.7 Å². The van der Waals surface area contributed by atoms with Gasteiger partial charge in [0.25, 0.3) is 6.43 Å².